The molecule has 1 aliphatic rings. The molecule has 0 bridgehead atoms. The minimum absolute atomic E-state index is 0.0267. The minimum atomic E-state index is -5.08. The van der Waals surface area contributed by atoms with Gasteiger partial charge in [0.2, 0.25) is 0 Å². The SMILES string of the molecule is CSc1ccc(NC(=O)c2ccc(C3CCCN3)s2)cc1.O=C(O)C(F)(F)F. The fraction of sp³-hybridized carbons (Fsp3) is 0.333. The zero-order chi connectivity index (χ0) is 20.7. The van der Waals surface area contributed by atoms with Crippen LogP contribution in [0.15, 0.2) is 41.3 Å². The van der Waals surface area contributed by atoms with E-state index in [1.807, 2.05) is 36.6 Å². The van der Waals surface area contributed by atoms with Crippen LogP contribution in [-0.2, 0) is 4.79 Å². The number of amides is 1. The molecule has 1 amide bonds. The Morgan fingerprint density at radius 2 is 1.86 bits per heavy atom. The number of anilines is 1. The van der Waals surface area contributed by atoms with Crippen LogP contribution in [-0.4, -0.2) is 36.0 Å². The molecule has 10 heteroatoms. The molecule has 3 rings (SSSR count). The number of carboxylic acids is 1. The van der Waals surface area contributed by atoms with Crippen LogP contribution in [0.4, 0.5) is 18.9 Å². The average Bonchev–Trinajstić information content (AvgIpc) is 3.33. The van der Waals surface area contributed by atoms with Crippen LogP contribution < -0.4 is 10.6 Å². The van der Waals surface area contributed by atoms with Gasteiger partial charge in [0.15, 0.2) is 0 Å². The lowest BCUT2D eigenvalue weighted by Gasteiger charge is -2.06. The van der Waals surface area contributed by atoms with Crippen molar-refractivity contribution in [2.45, 2.75) is 30.0 Å². The van der Waals surface area contributed by atoms with Crippen molar-refractivity contribution in [1.82, 2.24) is 5.32 Å². The van der Waals surface area contributed by atoms with Gasteiger partial charge in [-0.3, -0.25) is 4.79 Å². The first-order valence-electron chi connectivity index (χ1n) is 8.29. The standard InChI is InChI=1S/C16H18N2OS2.C2HF3O2/c1-20-12-6-4-11(5-7-12)18-16(19)15-9-8-14(21-15)13-3-2-10-17-13;3-2(4,5)1(6)7/h4-9,13,17H,2-3,10H2,1H3,(H,18,19);(H,6,7). The zero-order valence-electron chi connectivity index (χ0n) is 14.9. The number of rotatable bonds is 4. The van der Waals surface area contributed by atoms with Crippen LogP contribution in [0.5, 0.6) is 0 Å². The number of alkyl halides is 3. The summed E-state index contributed by atoms with van der Waals surface area (Å²) in [6.45, 7) is 1.08. The molecule has 3 N–H and O–H groups in total. The molecule has 1 unspecified atom stereocenters. The van der Waals surface area contributed by atoms with Crippen molar-refractivity contribution in [2.24, 2.45) is 0 Å². The zero-order valence-corrected chi connectivity index (χ0v) is 16.5. The molecule has 0 saturated carbocycles. The third-order valence-electron chi connectivity index (χ3n) is 3.84. The number of aliphatic carboxylic acids is 1. The number of nitrogens with one attached hydrogen (secondary N) is 2. The maximum atomic E-state index is 12.3. The average molecular weight is 432 g/mol. The summed E-state index contributed by atoms with van der Waals surface area (Å²) < 4.78 is 31.7. The second-order valence-electron chi connectivity index (χ2n) is 5.84. The van der Waals surface area contributed by atoms with E-state index in [-0.39, 0.29) is 5.91 Å². The molecule has 1 atom stereocenters. The van der Waals surface area contributed by atoms with E-state index in [0.717, 1.165) is 23.5 Å². The highest BCUT2D eigenvalue weighted by molar-refractivity contribution is 7.98. The van der Waals surface area contributed by atoms with E-state index in [9.17, 15) is 18.0 Å². The van der Waals surface area contributed by atoms with Crippen LogP contribution in [0.25, 0.3) is 0 Å². The fourth-order valence-corrected chi connectivity index (χ4v) is 3.88. The molecular weight excluding hydrogens is 413 g/mol. The molecule has 28 heavy (non-hydrogen) atoms. The maximum absolute atomic E-state index is 12.3. The number of benzene rings is 1. The van der Waals surface area contributed by atoms with Gasteiger partial charge in [0, 0.05) is 21.5 Å². The number of carbonyl (C=O) groups excluding carboxylic acids is 1. The smallest absolute Gasteiger partial charge is 0.475 e. The van der Waals surface area contributed by atoms with Crippen molar-refractivity contribution in [3.63, 3.8) is 0 Å². The first kappa shape index (κ1) is 22.3. The Bertz CT molecular complexity index is 801. The summed E-state index contributed by atoms with van der Waals surface area (Å²) in [7, 11) is 0. The molecule has 2 heterocycles. The van der Waals surface area contributed by atoms with Crippen LogP contribution in [0.3, 0.4) is 0 Å². The molecular formula is C18H19F3N2O3S2. The lowest BCUT2D eigenvalue weighted by Crippen LogP contribution is -2.21. The van der Waals surface area contributed by atoms with Crippen molar-refractivity contribution in [3.8, 4) is 0 Å². The van der Waals surface area contributed by atoms with Gasteiger partial charge in [0.25, 0.3) is 5.91 Å². The van der Waals surface area contributed by atoms with E-state index in [2.05, 4.69) is 16.7 Å². The third-order valence-corrected chi connectivity index (χ3v) is 5.79. The largest absolute Gasteiger partial charge is 0.490 e. The van der Waals surface area contributed by atoms with E-state index in [4.69, 9.17) is 9.90 Å². The minimum Gasteiger partial charge on any atom is -0.475 e. The molecule has 152 valence electrons. The summed E-state index contributed by atoms with van der Waals surface area (Å²) in [4.78, 5) is 24.4. The normalized spacial score (nSPS) is 16.2. The van der Waals surface area contributed by atoms with Gasteiger partial charge in [-0.15, -0.1) is 23.1 Å². The van der Waals surface area contributed by atoms with Gasteiger partial charge in [-0.05, 0) is 62.0 Å². The maximum Gasteiger partial charge on any atom is 0.490 e. The van der Waals surface area contributed by atoms with Crippen molar-refractivity contribution in [3.05, 3.63) is 46.2 Å². The summed E-state index contributed by atoms with van der Waals surface area (Å²) in [5, 5.41) is 13.5. The lowest BCUT2D eigenvalue weighted by molar-refractivity contribution is -0.192. The quantitative estimate of drug-likeness (QED) is 0.606. The predicted molar refractivity (Wildman–Crippen MR) is 104 cm³/mol. The van der Waals surface area contributed by atoms with Crippen LogP contribution in [0.1, 0.15) is 33.4 Å². The molecule has 0 aliphatic carbocycles. The Labute approximate surface area is 168 Å². The third kappa shape index (κ3) is 6.54. The van der Waals surface area contributed by atoms with Gasteiger partial charge in [0.05, 0.1) is 4.88 Å². The summed E-state index contributed by atoms with van der Waals surface area (Å²) >= 11 is 3.28. The van der Waals surface area contributed by atoms with E-state index >= 15 is 0 Å². The first-order valence-corrected chi connectivity index (χ1v) is 10.3. The second-order valence-corrected chi connectivity index (χ2v) is 7.83. The van der Waals surface area contributed by atoms with E-state index < -0.39 is 12.1 Å². The van der Waals surface area contributed by atoms with Gasteiger partial charge in [0.1, 0.15) is 0 Å². The Morgan fingerprint density at radius 3 is 2.36 bits per heavy atom. The molecule has 1 saturated heterocycles. The molecule has 0 spiro atoms. The molecule has 1 aromatic carbocycles. The topological polar surface area (TPSA) is 78.4 Å². The summed E-state index contributed by atoms with van der Waals surface area (Å²) in [5.41, 5.74) is 0.840. The molecule has 5 nitrogen and oxygen atoms in total. The lowest BCUT2D eigenvalue weighted by atomic mass is 10.2. The van der Waals surface area contributed by atoms with Crippen molar-refractivity contribution in [1.29, 1.82) is 0 Å². The van der Waals surface area contributed by atoms with E-state index in [0.29, 0.717) is 6.04 Å². The highest BCUT2D eigenvalue weighted by Gasteiger charge is 2.38. The molecule has 2 aromatic rings. The number of hydrogen-bond donors (Lipinski definition) is 3. The van der Waals surface area contributed by atoms with E-state index in [1.54, 1.807) is 23.1 Å². The van der Waals surface area contributed by atoms with Crippen molar-refractivity contribution >= 4 is 40.7 Å². The Balaban J connectivity index is 0.000000345. The highest BCUT2D eigenvalue weighted by atomic mass is 32.2. The van der Waals surface area contributed by atoms with Crippen LogP contribution in [0.2, 0.25) is 0 Å². The molecule has 1 aliphatic heterocycles. The monoisotopic (exact) mass is 432 g/mol. The number of thioether (sulfide) groups is 1. The van der Waals surface area contributed by atoms with Crippen LogP contribution >= 0.6 is 23.1 Å². The number of carbonyl (C=O) groups is 2. The highest BCUT2D eigenvalue weighted by Crippen LogP contribution is 2.29. The van der Waals surface area contributed by atoms with Gasteiger partial charge >= 0.3 is 12.1 Å². The fourth-order valence-electron chi connectivity index (χ4n) is 2.46. The Morgan fingerprint density at radius 1 is 1.21 bits per heavy atom. The molecule has 0 radical (unpaired) electrons. The van der Waals surface area contributed by atoms with Crippen LogP contribution in [0, 0.1) is 0 Å². The number of hydrogen-bond acceptors (Lipinski definition) is 5. The van der Waals surface area contributed by atoms with Crippen molar-refractivity contribution in [2.75, 3.05) is 18.1 Å². The first-order chi connectivity index (χ1) is 13.2. The van der Waals surface area contributed by atoms with Gasteiger partial charge in [-0.2, -0.15) is 13.2 Å². The molecule has 1 fully saturated rings. The van der Waals surface area contributed by atoms with E-state index in [1.165, 1.54) is 16.2 Å². The Kier molecular flexibility index (Phi) is 7.90. The summed E-state index contributed by atoms with van der Waals surface area (Å²) in [5.74, 6) is -2.78. The predicted octanol–water partition coefficient (Wildman–Crippen LogP) is 4.78. The number of thiophene rings is 1. The molecule has 1 aromatic heterocycles. The van der Waals surface area contributed by atoms with Crippen molar-refractivity contribution < 1.29 is 27.9 Å². The Hall–Kier alpha value is -2.04. The summed E-state index contributed by atoms with van der Waals surface area (Å²) in [6, 6.07) is 12.3. The van der Waals surface area contributed by atoms with Gasteiger partial charge in [-0.25, -0.2) is 4.79 Å². The number of halogens is 3. The van der Waals surface area contributed by atoms with Gasteiger partial charge < -0.3 is 15.7 Å². The number of carboxylic acid groups (broad SMARTS) is 1. The second kappa shape index (κ2) is 9.94. The van der Waals surface area contributed by atoms with Gasteiger partial charge in [-0.1, -0.05) is 0 Å². The summed E-state index contributed by atoms with van der Waals surface area (Å²) in [6.07, 6.45) is -0.665.